The van der Waals surface area contributed by atoms with Crippen LogP contribution in [0.25, 0.3) is 11.2 Å². The molecule has 10 nitrogen and oxygen atoms in total. The molecule has 3 rings (SSSR count). The Kier molecular flexibility index (Phi) is 5.05. The number of halogens is 2. The molecule has 0 unspecified atom stereocenters. The van der Waals surface area contributed by atoms with E-state index in [4.69, 9.17) is 20.3 Å². The molecule has 0 aromatic carbocycles. The summed E-state index contributed by atoms with van der Waals surface area (Å²) in [5, 5.41) is 0. The molecule has 27 heavy (non-hydrogen) atoms. The molecule has 0 saturated carbocycles. The van der Waals surface area contributed by atoms with Crippen molar-refractivity contribution in [3.63, 3.8) is 0 Å². The summed E-state index contributed by atoms with van der Waals surface area (Å²) in [5.41, 5.74) is 1.29. The van der Waals surface area contributed by atoms with Gasteiger partial charge in [0.25, 0.3) is 5.56 Å². The van der Waals surface area contributed by atoms with Gasteiger partial charge in [-0.3, -0.25) is 18.9 Å². The minimum absolute atomic E-state index is 0.0550. The van der Waals surface area contributed by atoms with Crippen molar-refractivity contribution in [3.05, 3.63) is 16.7 Å². The molecule has 2 aromatic rings. The van der Waals surface area contributed by atoms with Crippen LogP contribution < -0.4 is 11.3 Å². The smallest absolute Gasteiger partial charge is 0.369 e. The summed E-state index contributed by atoms with van der Waals surface area (Å²) in [7, 11) is -5.53. The summed E-state index contributed by atoms with van der Waals surface area (Å²) in [4.78, 5) is 39.3. The second-order valence-corrected chi connectivity index (χ2v) is 7.75. The van der Waals surface area contributed by atoms with Crippen LogP contribution in [0.2, 0.25) is 0 Å². The molecule has 1 aliphatic rings. The normalized spacial score (nSPS) is 20.6. The Bertz CT molecular complexity index is 1020. The zero-order valence-electron chi connectivity index (χ0n) is 13.8. The maximum absolute atomic E-state index is 13.1. The van der Waals surface area contributed by atoms with Gasteiger partial charge in [0.15, 0.2) is 11.2 Å². The van der Waals surface area contributed by atoms with Crippen molar-refractivity contribution in [2.75, 3.05) is 5.73 Å². The molecule has 1 fully saturated rings. The van der Waals surface area contributed by atoms with Crippen molar-refractivity contribution >= 4 is 24.7 Å². The average molecular weight is 403 g/mol. The Balaban J connectivity index is 1.65. The first kappa shape index (κ1) is 19.4. The number of alkyl halides is 2. The Morgan fingerprint density at radius 2 is 2.19 bits per heavy atom. The summed E-state index contributed by atoms with van der Waals surface area (Å²) in [6, 6.07) is 0. The minimum atomic E-state index is -5.53. The molecule has 1 saturated heterocycles. The molecule has 5 N–H and O–H groups in total. The Morgan fingerprint density at radius 1 is 1.44 bits per heavy atom. The standard InChI is InChI=1S/C14H16F2N5O5P/c15-14(16,27(23,24)25)6-2-1-3-8-4-5-9(26-8)21-7-18-10-11(21)19-13(17)20-12(10)22/h7-9H,3-6H2,(H2,23,24,25)(H3,17,19,20,22)/t8-,9-/m1/s1. The van der Waals surface area contributed by atoms with Crippen LogP contribution in [0, 0.1) is 11.8 Å². The molecule has 0 radical (unpaired) electrons. The first-order chi connectivity index (χ1) is 12.6. The van der Waals surface area contributed by atoms with Gasteiger partial charge in [0.05, 0.1) is 18.9 Å². The van der Waals surface area contributed by atoms with Crippen LogP contribution in [-0.2, 0) is 9.30 Å². The third kappa shape index (κ3) is 4.01. The van der Waals surface area contributed by atoms with E-state index in [0.717, 1.165) is 0 Å². The number of nitrogens with zero attached hydrogens (tertiary/aromatic N) is 3. The predicted molar refractivity (Wildman–Crippen MR) is 89.7 cm³/mol. The van der Waals surface area contributed by atoms with E-state index in [0.29, 0.717) is 12.8 Å². The summed E-state index contributed by atoms with van der Waals surface area (Å²) in [6.07, 6.45) is 0.612. The molecule has 3 heterocycles. The van der Waals surface area contributed by atoms with Gasteiger partial charge in [-0.05, 0) is 12.8 Å². The van der Waals surface area contributed by atoms with Crippen molar-refractivity contribution in [1.29, 1.82) is 0 Å². The molecule has 0 amide bonds. The van der Waals surface area contributed by atoms with E-state index < -0.39 is 31.5 Å². The highest BCUT2D eigenvalue weighted by Gasteiger charge is 2.47. The molecule has 13 heteroatoms. The van der Waals surface area contributed by atoms with Crippen molar-refractivity contribution < 1.29 is 27.9 Å². The molecular formula is C14H16F2N5O5P. The number of hydrogen-bond acceptors (Lipinski definition) is 6. The lowest BCUT2D eigenvalue weighted by molar-refractivity contribution is 0.00681. The minimum Gasteiger partial charge on any atom is -0.369 e. The van der Waals surface area contributed by atoms with Crippen LogP contribution in [0.15, 0.2) is 11.1 Å². The Morgan fingerprint density at radius 3 is 2.89 bits per heavy atom. The van der Waals surface area contributed by atoms with Crippen LogP contribution in [0.5, 0.6) is 0 Å². The molecule has 2 aromatic heterocycles. The van der Waals surface area contributed by atoms with Crippen LogP contribution in [0.4, 0.5) is 14.7 Å². The number of ether oxygens (including phenoxy) is 1. The second kappa shape index (κ2) is 7.01. The zero-order valence-corrected chi connectivity index (χ0v) is 14.7. The van der Waals surface area contributed by atoms with E-state index in [-0.39, 0.29) is 29.6 Å². The van der Waals surface area contributed by atoms with E-state index >= 15 is 0 Å². The largest absolute Gasteiger partial charge is 0.395 e. The highest BCUT2D eigenvalue weighted by atomic mass is 31.2. The number of rotatable bonds is 4. The van der Waals surface area contributed by atoms with Crippen LogP contribution in [0.1, 0.15) is 31.9 Å². The fourth-order valence-corrected chi connectivity index (χ4v) is 2.94. The van der Waals surface area contributed by atoms with Gasteiger partial charge in [-0.1, -0.05) is 5.92 Å². The van der Waals surface area contributed by atoms with Gasteiger partial charge in [-0.25, -0.2) is 4.98 Å². The van der Waals surface area contributed by atoms with Crippen LogP contribution in [0.3, 0.4) is 0 Å². The second-order valence-electron chi connectivity index (χ2n) is 6.01. The van der Waals surface area contributed by atoms with E-state index in [1.807, 2.05) is 0 Å². The maximum atomic E-state index is 13.1. The molecule has 0 aliphatic carbocycles. The third-order valence-corrected chi connectivity index (χ3v) is 5.04. The number of aromatic nitrogens is 4. The van der Waals surface area contributed by atoms with Gasteiger partial charge in [0.2, 0.25) is 5.95 Å². The first-order valence-corrected chi connectivity index (χ1v) is 9.47. The summed E-state index contributed by atoms with van der Waals surface area (Å²) >= 11 is 0. The lowest BCUT2D eigenvalue weighted by atomic mass is 10.2. The lowest BCUT2D eigenvalue weighted by Crippen LogP contribution is -2.15. The van der Waals surface area contributed by atoms with E-state index in [1.165, 1.54) is 6.33 Å². The van der Waals surface area contributed by atoms with E-state index in [1.54, 1.807) is 4.57 Å². The zero-order chi connectivity index (χ0) is 19.8. The van der Waals surface area contributed by atoms with Gasteiger partial charge < -0.3 is 20.3 Å². The number of imidazole rings is 1. The fraction of sp³-hybridized carbons (Fsp3) is 0.500. The Labute approximate surface area is 150 Å². The topological polar surface area (TPSA) is 156 Å². The third-order valence-electron chi connectivity index (χ3n) is 4.03. The van der Waals surface area contributed by atoms with Crippen molar-refractivity contribution in [1.82, 2.24) is 19.5 Å². The average Bonchev–Trinajstić information content (AvgIpc) is 3.17. The number of nitrogens with one attached hydrogen (secondary N) is 1. The van der Waals surface area contributed by atoms with Gasteiger partial charge in [0.1, 0.15) is 6.23 Å². The fourth-order valence-electron chi connectivity index (χ4n) is 2.65. The molecule has 2 atom stereocenters. The SMILES string of the molecule is Nc1nc2c(ncn2[C@H]2CC[C@@H](CC#CCC(F)(F)P(=O)(O)O)O2)c(=O)[nH]1. The number of H-pyrrole nitrogens is 1. The molecule has 0 bridgehead atoms. The predicted octanol–water partition coefficient (Wildman–Crippen LogP) is 0.933. The molecular weight excluding hydrogens is 387 g/mol. The molecule has 0 spiro atoms. The number of fused-ring (bicyclic) bond motifs is 1. The van der Waals surface area contributed by atoms with Crippen molar-refractivity contribution in [3.8, 4) is 11.8 Å². The van der Waals surface area contributed by atoms with Crippen molar-refractivity contribution in [2.45, 2.75) is 43.7 Å². The lowest BCUT2D eigenvalue weighted by Gasteiger charge is -2.14. The van der Waals surface area contributed by atoms with Gasteiger partial charge >= 0.3 is 13.3 Å². The first-order valence-electron chi connectivity index (χ1n) is 7.85. The van der Waals surface area contributed by atoms with E-state index in [2.05, 4.69) is 26.8 Å². The van der Waals surface area contributed by atoms with E-state index in [9.17, 15) is 18.1 Å². The number of anilines is 1. The number of nitrogens with two attached hydrogens (primary N) is 1. The monoisotopic (exact) mass is 403 g/mol. The van der Waals surface area contributed by atoms with Gasteiger partial charge in [-0.2, -0.15) is 13.8 Å². The van der Waals surface area contributed by atoms with Gasteiger partial charge in [0, 0.05) is 6.42 Å². The highest BCUT2D eigenvalue weighted by molar-refractivity contribution is 7.53. The molecule has 146 valence electrons. The summed E-state index contributed by atoms with van der Waals surface area (Å²) in [6.45, 7) is 0. The van der Waals surface area contributed by atoms with Crippen LogP contribution in [-0.4, -0.2) is 41.1 Å². The number of nitrogen functional groups attached to an aromatic ring is 1. The maximum Gasteiger partial charge on any atom is 0.395 e. The summed E-state index contributed by atoms with van der Waals surface area (Å²) in [5.74, 6) is 4.50. The number of aromatic amines is 1. The number of hydrogen-bond donors (Lipinski definition) is 4. The quantitative estimate of drug-likeness (QED) is 0.434. The Hall–Kier alpha value is -2.32. The van der Waals surface area contributed by atoms with Crippen LogP contribution >= 0.6 is 7.60 Å². The van der Waals surface area contributed by atoms with Gasteiger partial charge in [-0.15, -0.1) is 5.92 Å². The highest BCUT2D eigenvalue weighted by Crippen LogP contribution is 2.54. The summed E-state index contributed by atoms with van der Waals surface area (Å²) < 4.78 is 44.3. The van der Waals surface area contributed by atoms with Crippen molar-refractivity contribution in [2.24, 2.45) is 0 Å². The molecule has 1 aliphatic heterocycles.